The van der Waals surface area contributed by atoms with Crippen LogP contribution in [-0.2, 0) is 0 Å². The minimum atomic E-state index is -0.343. The van der Waals surface area contributed by atoms with Gasteiger partial charge in [-0.25, -0.2) is 4.39 Å². The Morgan fingerprint density at radius 1 is 0.436 bits per heavy atom. The Kier molecular flexibility index (Phi) is 4.63. The fraction of sp³-hybridized carbons (Fsp3) is 0. The van der Waals surface area contributed by atoms with Crippen molar-refractivity contribution >= 4 is 43.6 Å². The first-order chi connectivity index (χ1) is 19.3. The second-order valence-electron chi connectivity index (χ2n) is 9.51. The minimum absolute atomic E-state index is 0.343. The molecule has 0 unspecified atom stereocenters. The van der Waals surface area contributed by atoms with Gasteiger partial charge in [-0.1, -0.05) is 84.9 Å². The molecule has 6 heteroatoms. The van der Waals surface area contributed by atoms with Crippen LogP contribution in [0.4, 0.5) is 4.39 Å². The quantitative estimate of drug-likeness (QED) is 0.245. The molecule has 0 radical (unpaired) electrons. The molecule has 8 rings (SSSR count). The summed E-state index contributed by atoms with van der Waals surface area (Å²) in [6.07, 6.45) is 0. The molecular weight excluding hydrogens is 485 g/mol. The predicted molar refractivity (Wildman–Crippen MR) is 154 cm³/mol. The number of halogens is 1. The number of rotatable bonds is 3. The van der Waals surface area contributed by atoms with Crippen molar-refractivity contribution in [2.45, 2.75) is 0 Å². The fourth-order valence-electron chi connectivity index (χ4n) is 5.59. The third-order valence-corrected chi connectivity index (χ3v) is 7.25. The lowest BCUT2D eigenvalue weighted by Crippen LogP contribution is -2.10. The van der Waals surface area contributed by atoms with Crippen LogP contribution in [0.2, 0.25) is 0 Å². The van der Waals surface area contributed by atoms with Gasteiger partial charge in [-0.15, -0.1) is 0 Å². The van der Waals surface area contributed by atoms with E-state index in [9.17, 15) is 4.39 Å². The van der Waals surface area contributed by atoms with Crippen molar-refractivity contribution in [3.63, 3.8) is 0 Å². The molecule has 0 aliphatic rings. The number of hydrogen-bond acceptors (Lipinski definition) is 3. The first-order valence-electron chi connectivity index (χ1n) is 12.8. The highest BCUT2D eigenvalue weighted by Gasteiger charge is 2.20. The minimum Gasteiger partial charge on any atom is -0.278 e. The van der Waals surface area contributed by atoms with Crippen LogP contribution in [0.1, 0.15) is 0 Å². The van der Waals surface area contributed by atoms with E-state index in [-0.39, 0.29) is 5.82 Å². The van der Waals surface area contributed by atoms with Gasteiger partial charge in [-0.3, -0.25) is 9.13 Å². The van der Waals surface area contributed by atoms with Gasteiger partial charge in [0.1, 0.15) is 5.82 Å². The summed E-state index contributed by atoms with van der Waals surface area (Å²) >= 11 is 0. The van der Waals surface area contributed by atoms with Gasteiger partial charge in [0.15, 0.2) is 5.82 Å². The molecule has 5 nitrogen and oxygen atoms in total. The number of nitrogens with zero attached hydrogens (tertiary/aromatic N) is 5. The summed E-state index contributed by atoms with van der Waals surface area (Å²) in [4.78, 5) is 14.9. The van der Waals surface area contributed by atoms with Crippen LogP contribution < -0.4 is 0 Å². The van der Waals surface area contributed by atoms with E-state index in [1.165, 1.54) is 12.1 Å². The highest BCUT2D eigenvalue weighted by Crippen LogP contribution is 2.34. The van der Waals surface area contributed by atoms with Gasteiger partial charge in [-0.05, 0) is 36.4 Å². The Labute approximate surface area is 222 Å². The van der Waals surface area contributed by atoms with Crippen molar-refractivity contribution in [2.24, 2.45) is 0 Å². The third-order valence-electron chi connectivity index (χ3n) is 7.25. The van der Waals surface area contributed by atoms with E-state index in [1.54, 1.807) is 6.07 Å². The second kappa shape index (κ2) is 8.33. The van der Waals surface area contributed by atoms with E-state index >= 15 is 0 Å². The summed E-state index contributed by atoms with van der Waals surface area (Å²) in [5, 5.41) is 4.44. The molecule has 39 heavy (non-hydrogen) atoms. The number of hydrogen-bond donors (Lipinski definition) is 0. The van der Waals surface area contributed by atoms with Crippen LogP contribution in [0.25, 0.3) is 66.9 Å². The summed E-state index contributed by atoms with van der Waals surface area (Å²) in [5.74, 6) is 1.00. The molecule has 0 aliphatic carbocycles. The van der Waals surface area contributed by atoms with E-state index in [0.29, 0.717) is 23.3 Å². The summed E-state index contributed by atoms with van der Waals surface area (Å²) in [5.41, 5.74) is 4.54. The maximum Gasteiger partial charge on any atom is 0.240 e. The van der Waals surface area contributed by atoms with E-state index in [2.05, 4.69) is 57.7 Å². The zero-order valence-corrected chi connectivity index (χ0v) is 20.7. The van der Waals surface area contributed by atoms with Crippen molar-refractivity contribution < 1.29 is 4.39 Å². The number of para-hydroxylation sites is 4. The molecule has 5 aromatic carbocycles. The normalized spacial score (nSPS) is 11.7. The molecule has 8 aromatic rings. The van der Waals surface area contributed by atoms with Crippen LogP contribution in [0.5, 0.6) is 0 Å². The molecule has 0 N–H and O–H groups in total. The zero-order valence-electron chi connectivity index (χ0n) is 20.7. The van der Waals surface area contributed by atoms with Crippen molar-refractivity contribution in [1.82, 2.24) is 24.1 Å². The maximum atomic E-state index is 14.4. The Hall–Kier alpha value is -5.36. The largest absolute Gasteiger partial charge is 0.278 e. The van der Waals surface area contributed by atoms with Crippen LogP contribution in [0.3, 0.4) is 0 Å². The van der Waals surface area contributed by atoms with E-state index < -0.39 is 0 Å². The molecule has 0 saturated heterocycles. The van der Waals surface area contributed by atoms with Crippen molar-refractivity contribution in [2.75, 3.05) is 0 Å². The van der Waals surface area contributed by atoms with Crippen molar-refractivity contribution in [1.29, 1.82) is 0 Å². The number of fused-ring (bicyclic) bond motifs is 6. The Morgan fingerprint density at radius 2 is 0.846 bits per heavy atom. The average molecular weight is 506 g/mol. The van der Waals surface area contributed by atoms with Gasteiger partial charge in [0, 0.05) is 27.1 Å². The second-order valence-corrected chi connectivity index (χ2v) is 9.51. The van der Waals surface area contributed by atoms with Crippen LogP contribution in [0, 0.1) is 5.82 Å². The maximum absolute atomic E-state index is 14.4. The molecule has 0 bridgehead atoms. The third kappa shape index (κ3) is 3.28. The Bertz CT molecular complexity index is 1970. The van der Waals surface area contributed by atoms with Gasteiger partial charge >= 0.3 is 0 Å². The summed E-state index contributed by atoms with van der Waals surface area (Å²) in [6, 6.07) is 39.3. The summed E-state index contributed by atoms with van der Waals surface area (Å²) in [6.45, 7) is 0. The summed E-state index contributed by atoms with van der Waals surface area (Å²) < 4.78 is 18.5. The fourth-order valence-corrected chi connectivity index (χ4v) is 5.59. The Morgan fingerprint density at radius 3 is 1.26 bits per heavy atom. The van der Waals surface area contributed by atoms with Gasteiger partial charge in [-0.2, -0.15) is 15.0 Å². The van der Waals surface area contributed by atoms with Crippen molar-refractivity contribution in [3.05, 3.63) is 127 Å². The van der Waals surface area contributed by atoms with E-state index in [0.717, 1.165) is 43.6 Å². The first-order valence-corrected chi connectivity index (χ1v) is 12.8. The lowest BCUT2D eigenvalue weighted by molar-refractivity contribution is 0.628. The molecule has 3 aromatic heterocycles. The van der Waals surface area contributed by atoms with E-state index in [1.807, 2.05) is 54.6 Å². The molecule has 0 amide bonds. The van der Waals surface area contributed by atoms with Crippen LogP contribution in [-0.4, -0.2) is 24.1 Å². The smallest absolute Gasteiger partial charge is 0.240 e. The molecule has 0 fully saturated rings. The monoisotopic (exact) mass is 505 g/mol. The number of benzene rings is 5. The van der Waals surface area contributed by atoms with E-state index in [4.69, 9.17) is 15.0 Å². The molecule has 0 saturated carbocycles. The molecule has 184 valence electrons. The lowest BCUT2D eigenvalue weighted by Gasteiger charge is -2.12. The highest BCUT2D eigenvalue weighted by atomic mass is 19.1. The molecule has 0 aliphatic heterocycles. The topological polar surface area (TPSA) is 48.5 Å². The average Bonchev–Trinajstić information content (AvgIpc) is 3.50. The zero-order chi connectivity index (χ0) is 25.9. The standard InChI is InChI=1S/C33H20FN5/c34-22-11-9-10-21(20-22)31-35-32(38-27-16-5-1-12-23(27)24-13-2-6-17-28(24)38)37-33(36-31)39-29-18-7-3-14-25(29)26-15-4-8-19-30(26)39/h1-20H. The first kappa shape index (κ1) is 21.7. The summed E-state index contributed by atoms with van der Waals surface area (Å²) in [7, 11) is 0. The lowest BCUT2D eigenvalue weighted by atomic mass is 10.2. The highest BCUT2D eigenvalue weighted by molar-refractivity contribution is 6.10. The van der Waals surface area contributed by atoms with Crippen LogP contribution in [0.15, 0.2) is 121 Å². The number of aromatic nitrogens is 5. The molecule has 0 atom stereocenters. The molecular formula is C33H20FN5. The van der Waals surface area contributed by atoms with Crippen molar-refractivity contribution in [3.8, 4) is 23.3 Å². The van der Waals surface area contributed by atoms with Gasteiger partial charge < -0.3 is 0 Å². The molecule has 3 heterocycles. The predicted octanol–water partition coefficient (Wildman–Crippen LogP) is 7.87. The molecule has 0 spiro atoms. The Balaban J connectivity index is 1.51. The van der Waals surface area contributed by atoms with Gasteiger partial charge in [0.2, 0.25) is 11.9 Å². The van der Waals surface area contributed by atoms with Gasteiger partial charge in [0.25, 0.3) is 0 Å². The van der Waals surface area contributed by atoms with Crippen LogP contribution >= 0.6 is 0 Å². The van der Waals surface area contributed by atoms with Gasteiger partial charge in [0.05, 0.1) is 22.1 Å². The SMILES string of the molecule is Fc1cccc(-c2nc(-n3c4ccccc4c4ccccc43)nc(-n3c4ccccc4c4ccccc43)n2)c1.